The number of aliphatic hydroxyl groups is 1. The van der Waals surface area contributed by atoms with Gasteiger partial charge in [-0.15, -0.1) is 11.3 Å². The molecule has 1 aliphatic carbocycles. The highest BCUT2D eigenvalue weighted by Crippen LogP contribution is 2.33. The molecular formula is C13H21NO3S2. The van der Waals surface area contributed by atoms with Gasteiger partial charge in [-0.25, -0.2) is 13.4 Å². The van der Waals surface area contributed by atoms with E-state index in [9.17, 15) is 13.5 Å². The summed E-state index contributed by atoms with van der Waals surface area (Å²) >= 11 is 1.40. The number of sulfone groups is 1. The van der Waals surface area contributed by atoms with Gasteiger partial charge >= 0.3 is 0 Å². The fourth-order valence-corrected chi connectivity index (χ4v) is 5.68. The summed E-state index contributed by atoms with van der Waals surface area (Å²) in [4.78, 5) is 4.82. The van der Waals surface area contributed by atoms with E-state index in [0.717, 1.165) is 22.7 Å². The lowest BCUT2D eigenvalue weighted by atomic mass is 9.81. The summed E-state index contributed by atoms with van der Waals surface area (Å²) in [7, 11) is -3.28. The van der Waals surface area contributed by atoms with Crippen molar-refractivity contribution in [3.63, 3.8) is 0 Å². The molecule has 19 heavy (non-hydrogen) atoms. The van der Waals surface area contributed by atoms with Gasteiger partial charge in [0.05, 0.1) is 22.1 Å². The van der Waals surface area contributed by atoms with E-state index in [4.69, 9.17) is 0 Å². The second kappa shape index (κ2) is 5.50. The Hall–Kier alpha value is -0.460. The van der Waals surface area contributed by atoms with Crippen molar-refractivity contribution >= 4 is 21.2 Å². The zero-order valence-corrected chi connectivity index (χ0v) is 13.1. The highest BCUT2D eigenvalue weighted by Gasteiger charge is 2.36. The summed E-state index contributed by atoms with van der Waals surface area (Å²) in [6.07, 6.45) is 4.62. The highest BCUT2D eigenvalue weighted by molar-refractivity contribution is 7.90. The van der Waals surface area contributed by atoms with Crippen molar-refractivity contribution in [2.45, 2.75) is 50.9 Å². The van der Waals surface area contributed by atoms with Crippen LogP contribution in [0.4, 0.5) is 0 Å². The van der Waals surface area contributed by atoms with Crippen LogP contribution in [0.25, 0.3) is 0 Å². The lowest BCUT2D eigenvalue weighted by Crippen LogP contribution is -2.40. The second-order valence-corrected chi connectivity index (χ2v) is 9.17. The normalized spacial score (nSPS) is 28.5. The van der Waals surface area contributed by atoms with Crippen molar-refractivity contribution < 1.29 is 13.5 Å². The van der Waals surface area contributed by atoms with Crippen LogP contribution in [-0.2, 0) is 15.6 Å². The van der Waals surface area contributed by atoms with Gasteiger partial charge < -0.3 is 5.11 Å². The van der Waals surface area contributed by atoms with Crippen LogP contribution in [0.2, 0.25) is 0 Å². The Morgan fingerprint density at radius 3 is 2.63 bits per heavy atom. The lowest BCUT2D eigenvalue weighted by Gasteiger charge is -2.34. The van der Waals surface area contributed by atoms with E-state index in [-0.39, 0.29) is 11.5 Å². The van der Waals surface area contributed by atoms with Crippen LogP contribution in [0.5, 0.6) is 0 Å². The minimum Gasteiger partial charge on any atom is -0.389 e. The monoisotopic (exact) mass is 303 g/mol. The van der Waals surface area contributed by atoms with Crippen molar-refractivity contribution in [2.75, 3.05) is 5.75 Å². The van der Waals surface area contributed by atoms with Gasteiger partial charge in [0.15, 0.2) is 9.84 Å². The van der Waals surface area contributed by atoms with Gasteiger partial charge in [-0.2, -0.15) is 0 Å². The van der Waals surface area contributed by atoms with Crippen molar-refractivity contribution in [3.8, 4) is 0 Å². The first-order valence-corrected chi connectivity index (χ1v) is 9.26. The predicted octanol–water partition coefficient (Wildman–Crippen LogP) is 2.31. The molecule has 1 saturated carbocycles. The molecule has 0 atom stereocenters. The molecule has 0 aromatic carbocycles. The Kier molecular flexibility index (Phi) is 4.32. The SMILES string of the molecule is Cc1ncc(CS(=O)(=O)CC2(O)CCC(C)CC2)s1. The van der Waals surface area contributed by atoms with Gasteiger partial charge in [0.25, 0.3) is 0 Å². The Bertz CT molecular complexity index is 528. The molecule has 1 aliphatic rings. The van der Waals surface area contributed by atoms with Crippen molar-refractivity contribution in [1.29, 1.82) is 0 Å². The Labute approximate surface area is 118 Å². The molecule has 1 heterocycles. The van der Waals surface area contributed by atoms with E-state index in [0.29, 0.717) is 18.8 Å². The van der Waals surface area contributed by atoms with Crippen LogP contribution in [0.3, 0.4) is 0 Å². The molecule has 0 unspecified atom stereocenters. The molecule has 4 nitrogen and oxygen atoms in total. The average molecular weight is 303 g/mol. The van der Waals surface area contributed by atoms with E-state index in [2.05, 4.69) is 11.9 Å². The second-order valence-electron chi connectivity index (χ2n) is 5.78. The summed E-state index contributed by atoms with van der Waals surface area (Å²) < 4.78 is 24.4. The summed E-state index contributed by atoms with van der Waals surface area (Å²) in [6, 6.07) is 0. The molecular weight excluding hydrogens is 282 g/mol. The third kappa shape index (κ3) is 4.26. The lowest BCUT2D eigenvalue weighted by molar-refractivity contribution is 0.0135. The first-order chi connectivity index (χ1) is 8.78. The highest BCUT2D eigenvalue weighted by atomic mass is 32.2. The summed E-state index contributed by atoms with van der Waals surface area (Å²) in [6.45, 7) is 4.00. The zero-order valence-electron chi connectivity index (χ0n) is 11.4. The van der Waals surface area contributed by atoms with Crippen molar-refractivity contribution in [1.82, 2.24) is 4.98 Å². The maximum Gasteiger partial charge on any atom is 0.158 e. The van der Waals surface area contributed by atoms with Crippen LogP contribution in [0, 0.1) is 12.8 Å². The molecule has 6 heteroatoms. The van der Waals surface area contributed by atoms with Gasteiger partial charge in [-0.1, -0.05) is 6.92 Å². The zero-order chi connectivity index (χ0) is 14.1. The number of nitrogens with zero attached hydrogens (tertiary/aromatic N) is 1. The average Bonchev–Trinajstić information content (AvgIpc) is 2.67. The molecule has 0 spiro atoms. The largest absolute Gasteiger partial charge is 0.389 e. The van der Waals surface area contributed by atoms with Crippen LogP contribution in [0.15, 0.2) is 6.20 Å². The third-order valence-corrected chi connectivity index (χ3v) is 6.55. The Morgan fingerprint density at radius 2 is 2.11 bits per heavy atom. The summed E-state index contributed by atoms with van der Waals surface area (Å²) in [5, 5.41) is 11.3. The smallest absolute Gasteiger partial charge is 0.158 e. The fourth-order valence-electron chi connectivity index (χ4n) is 2.59. The summed E-state index contributed by atoms with van der Waals surface area (Å²) in [5.41, 5.74) is -1.02. The molecule has 0 saturated heterocycles. The molecule has 1 N–H and O–H groups in total. The maximum atomic E-state index is 12.2. The molecule has 1 aromatic rings. The number of hydrogen-bond donors (Lipinski definition) is 1. The van der Waals surface area contributed by atoms with E-state index < -0.39 is 15.4 Å². The van der Waals surface area contributed by atoms with Crippen molar-refractivity contribution in [3.05, 3.63) is 16.1 Å². The topological polar surface area (TPSA) is 67.3 Å². The number of aromatic nitrogens is 1. The first kappa shape index (κ1) is 14.9. The number of aryl methyl sites for hydroxylation is 1. The third-order valence-electron chi connectivity index (χ3n) is 3.72. The Morgan fingerprint density at radius 1 is 1.47 bits per heavy atom. The predicted molar refractivity (Wildman–Crippen MR) is 76.9 cm³/mol. The minimum atomic E-state index is -3.28. The molecule has 1 aromatic heterocycles. The molecule has 108 valence electrons. The molecule has 0 amide bonds. The molecule has 0 radical (unpaired) electrons. The van der Waals surface area contributed by atoms with E-state index >= 15 is 0 Å². The minimum absolute atomic E-state index is 0.00360. The van der Waals surface area contributed by atoms with Gasteiger partial charge in [0, 0.05) is 11.1 Å². The summed E-state index contributed by atoms with van der Waals surface area (Å²) in [5.74, 6) is 0.465. The van der Waals surface area contributed by atoms with E-state index in [1.165, 1.54) is 11.3 Å². The Balaban J connectivity index is 2.01. The number of rotatable bonds is 4. The molecule has 0 aliphatic heterocycles. The van der Waals surface area contributed by atoms with E-state index in [1.54, 1.807) is 6.20 Å². The quantitative estimate of drug-likeness (QED) is 0.927. The van der Waals surface area contributed by atoms with Gasteiger partial charge in [0.1, 0.15) is 0 Å². The van der Waals surface area contributed by atoms with Crippen LogP contribution in [0.1, 0.15) is 42.5 Å². The van der Waals surface area contributed by atoms with Gasteiger partial charge in [-0.05, 0) is 38.5 Å². The fraction of sp³-hybridized carbons (Fsp3) is 0.769. The van der Waals surface area contributed by atoms with Crippen LogP contribution >= 0.6 is 11.3 Å². The number of hydrogen-bond acceptors (Lipinski definition) is 5. The molecule has 1 fully saturated rings. The van der Waals surface area contributed by atoms with Crippen LogP contribution in [-0.4, -0.2) is 29.9 Å². The molecule has 0 bridgehead atoms. The maximum absolute atomic E-state index is 12.2. The standard InChI is InChI=1S/C13H21NO3S2/c1-10-3-5-13(15,6-4-10)9-19(16,17)8-12-7-14-11(2)18-12/h7,10,15H,3-6,8-9H2,1-2H3. The molecule has 2 rings (SSSR count). The van der Waals surface area contributed by atoms with E-state index in [1.807, 2.05) is 6.92 Å². The first-order valence-electron chi connectivity index (χ1n) is 6.62. The van der Waals surface area contributed by atoms with Crippen molar-refractivity contribution in [2.24, 2.45) is 5.92 Å². The van der Waals surface area contributed by atoms with Gasteiger partial charge in [-0.3, -0.25) is 0 Å². The van der Waals surface area contributed by atoms with Gasteiger partial charge in [0.2, 0.25) is 0 Å². The van der Waals surface area contributed by atoms with Crippen LogP contribution < -0.4 is 0 Å². The number of thiazole rings is 1.